The Morgan fingerprint density at radius 3 is 0.795 bits per heavy atom. The SMILES string of the molecule is CC/C=C\C/C=C\C/C=C\C/C=C\C/C=C\C/C=C\C/C=C\CCCCCCCCCC(=O)OCC(COC(=O)CCCCCCC/C=C\CCCCCCC)OC(=O)CCCCCCCCC/C=C\CCCCCCCC. The van der Waals surface area contributed by atoms with Gasteiger partial charge in [0.1, 0.15) is 13.2 Å². The molecule has 0 aromatic rings. The molecule has 0 fully saturated rings. The van der Waals surface area contributed by atoms with Gasteiger partial charge >= 0.3 is 17.9 Å². The Balaban J connectivity index is 4.35. The third-order valence-corrected chi connectivity index (χ3v) is 14.0. The average molecular weight is 1080 g/mol. The zero-order valence-electron chi connectivity index (χ0n) is 51.2. The molecule has 1 atom stereocenters. The van der Waals surface area contributed by atoms with Crippen LogP contribution in [-0.4, -0.2) is 37.2 Å². The van der Waals surface area contributed by atoms with Gasteiger partial charge in [0.05, 0.1) is 0 Å². The van der Waals surface area contributed by atoms with Gasteiger partial charge in [-0.25, -0.2) is 0 Å². The lowest BCUT2D eigenvalue weighted by Crippen LogP contribution is -2.30. The predicted octanol–water partition coefficient (Wildman–Crippen LogP) is 22.6. The Morgan fingerprint density at radius 1 is 0.269 bits per heavy atom. The molecule has 6 heteroatoms. The molecule has 0 amide bonds. The first kappa shape index (κ1) is 74.1. The highest BCUT2D eigenvalue weighted by atomic mass is 16.6. The number of carbonyl (C=O) groups is 3. The van der Waals surface area contributed by atoms with Crippen LogP contribution in [-0.2, 0) is 28.6 Å². The molecular formula is C72H122O6. The van der Waals surface area contributed by atoms with Crippen molar-refractivity contribution in [3.63, 3.8) is 0 Å². The van der Waals surface area contributed by atoms with Crippen LogP contribution in [0.25, 0.3) is 0 Å². The molecule has 0 rings (SSSR count). The van der Waals surface area contributed by atoms with Crippen LogP contribution in [0.2, 0.25) is 0 Å². The molecule has 0 aliphatic heterocycles. The van der Waals surface area contributed by atoms with E-state index in [0.29, 0.717) is 19.3 Å². The second kappa shape index (κ2) is 65.6. The first-order chi connectivity index (χ1) is 38.5. The molecule has 0 saturated carbocycles. The number of carbonyl (C=O) groups excluding carboxylic acids is 3. The van der Waals surface area contributed by atoms with Gasteiger partial charge in [-0.15, -0.1) is 0 Å². The van der Waals surface area contributed by atoms with E-state index in [2.05, 4.69) is 130 Å². The maximum atomic E-state index is 12.9. The van der Waals surface area contributed by atoms with E-state index in [-0.39, 0.29) is 31.1 Å². The van der Waals surface area contributed by atoms with Crippen LogP contribution < -0.4 is 0 Å². The summed E-state index contributed by atoms with van der Waals surface area (Å²) < 4.78 is 16.9. The molecule has 0 heterocycles. The minimum atomic E-state index is -0.791. The largest absolute Gasteiger partial charge is 0.462 e. The number of esters is 3. The lowest BCUT2D eigenvalue weighted by Gasteiger charge is -2.18. The summed E-state index contributed by atoms with van der Waals surface area (Å²) in [4.78, 5) is 38.3. The molecule has 0 bridgehead atoms. The predicted molar refractivity (Wildman–Crippen MR) is 339 cm³/mol. The van der Waals surface area contributed by atoms with Crippen LogP contribution >= 0.6 is 0 Å². The Morgan fingerprint density at radius 2 is 0.500 bits per heavy atom. The van der Waals surface area contributed by atoms with E-state index in [1.54, 1.807) is 0 Å². The maximum Gasteiger partial charge on any atom is 0.306 e. The summed E-state index contributed by atoms with van der Waals surface area (Å²) in [6, 6.07) is 0. The molecule has 0 radical (unpaired) electrons. The molecule has 78 heavy (non-hydrogen) atoms. The molecule has 0 aliphatic carbocycles. The van der Waals surface area contributed by atoms with Gasteiger partial charge in [-0.1, -0.05) is 271 Å². The average Bonchev–Trinajstić information content (AvgIpc) is 3.44. The Hall–Kier alpha value is -3.93. The van der Waals surface area contributed by atoms with Gasteiger partial charge in [-0.05, 0) is 128 Å². The van der Waals surface area contributed by atoms with Gasteiger partial charge in [-0.2, -0.15) is 0 Å². The third-order valence-electron chi connectivity index (χ3n) is 14.0. The number of allylic oxidation sites excluding steroid dienone is 18. The van der Waals surface area contributed by atoms with Crippen LogP contribution in [0.5, 0.6) is 0 Å². The molecule has 6 nitrogen and oxygen atoms in total. The summed E-state index contributed by atoms with van der Waals surface area (Å²) in [5.74, 6) is -0.902. The monoisotopic (exact) mass is 1080 g/mol. The van der Waals surface area contributed by atoms with E-state index in [1.807, 2.05) is 0 Å². The van der Waals surface area contributed by atoms with E-state index in [0.717, 1.165) is 116 Å². The summed E-state index contributed by atoms with van der Waals surface area (Å²) in [7, 11) is 0. The van der Waals surface area contributed by atoms with Crippen molar-refractivity contribution < 1.29 is 28.6 Å². The van der Waals surface area contributed by atoms with Crippen LogP contribution in [0, 0.1) is 0 Å². The normalized spacial score (nSPS) is 12.8. The minimum Gasteiger partial charge on any atom is -0.462 e. The van der Waals surface area contributed by atoms with E-state index in [1.165, 1.54) is 154 Å². The third kappa shape index (κ3) is 62.9. The molecule has 0 aromatic carbocycles. The van der Waals surface area contributed by atoms with Crippen molar-refractivity contribution in [2.24, 2.45) is 0 Å². The van der Waals surface area contributed by atoms with Crippen LogP contribution in [0.4, 0.5) is 0 Å². The molecule has 0 saturated heterocycles. The number of hydrogen-bond donors (Lipinski definition) is 0. The fourth-order valence-corrected chi connectivity index (χ4v) is 9.06. The first-order valence-corrected chi connectivity index (χ1v) is 32.9. The van der Waals surface area contributed by atoms with E-state index in [4.69, 9.17) is 14.2 Å². The Kier molecular flexibility index (Phi) is 62.3. The van der Waals surface area contributed by atoms with E-state index >= 15 is 0 Å². The molecule has 1 unspecified atom stereocenters. The topological polar surface area (TPSA) is 78.9 Å². The highest BCUT2D eigenvalue weighted by Crippen LogP contribution is 2.15. The van der Waals surface area contributed by atoms with Gasteiger partial charge < -0.3 is 14.2 Å². The molecule has 446 valence electrons. The van der Waals surface area contributed by atoms with Gasteiger partial charge in [0.2, 0.25) is 0 Å². The minimum absolute atomic E-state index is 0.0870. The Bertz CT molecular complexity index is 1570. The molecule has 0 spiro atoms. The first-order valence-electron chi connectivity index (χ1n) is 32.9. The number of ether oxygens (including phenoxy) is 3. The van der Waals surface area contributed by atoms with Crippen LogP contribution in [0.15, 0.2) is 109 Å². The van der Waals surface area contributed by atoms with E-state index < -0.39 is 6.10 Å². The lowest BCUT2D eigenvalue weighted by molar-refractivity contribution is -0.167. The summed E-state index contributed by atoms with van der Waals surface area (Å²) in [6.45, 7) is 6.51. The number of rotatable bonds is 59. The number of unbranched alkanes of at least 4 members (excludes halogenated alkanes) is 30. The van der Waals surface area contributed by atoms with Gasteiger partial charge in [0.25, 0.3) is 0 Å². The standard InChI is InChI=1S/C72H122O6/c1-4-7-10-13-16-19-22-25-28-30-31-32-33-34-35-36-37-38-39-40-41-43-44-47-50-53-56-59-62-65-71(74)77-68-69(67-76-70(73)64-61-58-55-52-49-46-27-24-21-18-15-12-9-6-3)78-72(75)66-63-60-57-54-51-48-45-42-29-26-23-20-17-14-11-8-5-2/h7,10,16,19,24-29,31-32,34-35,37-38,40-41,69H,4-6,8-9,11-15,17-18,20-23,30,33,36,39,42-68H2,1-3H3/b10-7-,19-16-,27-24-,28-25-,29-26-,32-31-,35-34-,38-37-,41-40-. The highest BCUT2D eigenvalue weighted by molar-refractivity contribution is 5.71. The van der Waals surface area contributed by atoms with Crippen molar-refractivity contribution in [1.29, 1.82) is 0 Å². The lowest BCUT2D eigenvalue weighted by atomic mass is 10.1. The van der Waals surface area contributed by atoms with Gasteiger partial charge in [-0.3, -0.25) is 14.4 Å². The van der Waals surface area contributed by atoms with E-state index in [9.17, 15) is 14.4 Å². The molecular weight excluding hydrogens is 961 g/mol. The summed E-state index contributed by atoms with van der Waals surface area (Å²) in [5.41, 5.74) is 0. The Labute approximate surface area is 482 Å². The summed E-state index contributed by atoms with van der Waals surface area (Å²) in [6.07, 6.45) is 89.5. The van der Waals surface area contributed by atoms with Crippen molar-refractivity contribution in [2.75, 3.05) is 13.2 Å². The van der Waals surface area contributed by atoms with Crippen molar-refractivity contribution in [3.8, 4) is 0 Å². The highest BCUT2D eigenvalue weighted by Gasteiger charge is 2.19. The maximum absolute atomic E-state index is 12.9. The fraction of sp³-hybridized carbons (Fsp3) is 0.708. The van der Waals surface area contributed by atoms with Crippen molar-refractivity contribution in [2.45, 2.75) is 316 Å². The van der Waals surface area contributed by atoms with Crippen molar-refractivity contribution in [3.05, 3.63) is 109 Å². The van der Waals surface area contributed by atoms with Crippen molar-refractivity contribution >= 4 is 17.9 Å². The smallest absolute Gasteiger partial charge is 0.306 e. The molecule has 0 aliphatic rings. The van der Waals surface area contributed by atoms with Crippen LogP contribution in [0.3, 0.4) is 0 Å². The molecule has 0 aromatic heterocycles. The summed E-state index contributed by atoms with van der Waals surface area (Å²) in [5, 5.41) is 0. The fourth-order valence-electron chi connectivity index (χ4n) is 9.06. The summed E-state index contributed by atoms with van der Waals surface area (Å²) >= 11 is 0. The second-order valence-electron chi connectivity index (χ2n) is 21.6. The quantitative estimate of drug-likeness (QED) is 0.0261. The van der Waals surface area contributed by atoms with Crippen molar-refractivity contribution in [1.82, 2.24) is 0 Å². The molecule has 0 N–H and O–H groups in total. The zero-order chi connectivity index (χ0) is 56.4. The van der Waals surface area contributed by atoms with Crippen LogP contribution in [0.1, 0.15) is 310 Å². The second-order valence-corrected chi connectivity index (χ2v) is 21.6. The zero-order valence-corrected chi connectivity index (χ0v) is 51.2. The van der Waals surface area contributed by atoms with Gasteiger partial charge in [0.15, 0.2) is 6.10 Å². The van der Waals surface area contributed by atoms with Gasteiger partial charge in [0, 0.05) is 19.3 Å². The number of hydrogen-bond acceptors (Lipinski definition) is 6.